The summed E-state index contributed by atoms with van der Waals surface area (Å²) in [4.78, 5) is 17.7. The number of nitriles is 1. The number of carboxylic acids is 1. The van der Waals surface area contributed by atoms with E-state index >= 15 is 0 Å². The molecule has 270 valence electrons. The van der Waals surface area contributed by atoms with Crippen molar-refractivity contribution >= 4 is 57.4 Å². The Morgan fingerprint density at radius 2 is 1.33 bits per heavy atom. The number of nitrogens with zero attached hydrogens (tertiary/aromatic N) is 2. The maximum Gasteiger partial charge on any atom is 0.346 e. The van der Waals surface area contributed by atoms with Gasteiger partial charge in [-0.2, -0.15) is 5.26 Å². The van der Waals surface area contributed by atoms with Crippen LogP contribution in [0.3, 0.4) is 0 Å². The van der Waals surface area contributed by atoms with E-state index in [0.29, 0.717) is 0 Å². The van der Waals surface area contributed by atoms with Crippen molar-refractivity contribution in [2.24, 2.45) is 0 Å². The molecule has 55 heavy (non-hydrogen) atoms. The second kappa shape index (κ2) is 13.7. The van der Waals surface area contributed by atoms with Gasteiger partial charge < -0.3 is 10.0 Å². The summed E-state index contributed by atoms with van der Waals surface area (Å²) in [6, 6.07) is 41.2. The third-order valence-electron chi connectivity index (χ3n) is 11.1. The van der Waals surface area contributed by atoms with Crippen LogP contribution in [0.25, 0.3) is 43.0 Å². The van der Waals surface area contributed by atoms with E-state index in [4.69, 9.17) is 0 Å². The van der Waals surface area contributed by atoms with Gasteiger partial charge in [-0.05, 0) is 124 Å². The van der Waals surface area contributed by atoms with Crippen LogP contribution in [0.5, 0.6) is 0 Å². The molecule has 4 aromatic carbocycles. The lowest BCUT2D eigenvalue weighted by molar-refractivity contribution is -0.132. The first kappa shape index (κ1) is 36.0. The van der Waals surface area contributed by atoms with Crippen LogP contribution in [0.15, 0.2) is 145 Å². The van der Waals surface area contributed by atoms with Crippen molar-refractivity contribution in [3.8, 4) is 37.4 Å². The number of anilines is 3. The van der Waals surface area contributed by atoms with Crippen molar-refractivity contribution in [1.29, 1.82) is 5.26 Å². The SMILES string of the molecule is C=CC1=C(/C=C\C)C(C)(C)c2cc(N(c3ccc(-c4ccc(-c5ccc(/C=C(\C#N)C(=O)O)s5)s4)cc3)c3ccc4c(c3)C(C)(C)c3ccccc3-4)ccc21. The molecule has 0 spiro atoms. The maximum atomic E-state index is 11.3. The number of benzene rings is 4. The van der Waals surface area contributed by atoms with E-state index in [1.54, 1.807) is 17.4 Å². The minimum atomic E-state index is -1.22. The van der Waals surface area contributed by atoms with E-state index in [-0.39, 0.29) is 16.4 Å². The van der Waals surface area contributed by atoms with Crippen LogP contribution < -0.4 is 4.90 Å². The fourth-order valence-electron chi connectivity index (χ4n) is 8.26. The molecule has 2 aliphatic carbocycles. The Morgan fingerprint density at radius 3 is 2.00 bits per heavy atom. The first-order chi connectivity index (χ1) is 26.5. The fourth-order valence-corrected chi connectivity index (χ4v) is 10.3. The molecule has 0 saturated heterocycles. The summed E-state index contributed by atoms with van der Waals surface area (Å²) in [7, 11) is 0. The van der Waals surface area contributed by atoms with Gasteiger partial charge in [0.2, 0.25) is 0 Å². The third kappa shape index (κ3) is 6.01. The molecule has 0 bridgehead atoms. The minimum absolute atomic E-state index is 0.133. The summed E-state index contributed by atoms with van der Waals surface area (Å²) in [6.07, 6.45) is 7.76. The molecular formula is C49H40N2O2S2. The first-order valence-electron chi connectivity index (χ1n) is 18.3. The van der Waals surface area contributed by atoms with Gasteiger partial charge >= 0.3 is 5.97 Å². The van der Waals surface area contributed by atoms with Crippen molar-refractivity contribution in [3.05, 3.63) is 172 Å². The molecule has 0 saturated carbocycles. The second-order valence-electron chi connectivity index (χ2n) is 15.0. The highest BCUT2D eigenvalue weighted by Crippen LogP contribution is 2.52. The molecule has 0 atom stereocenters. The zero-order chi connectivity index (χ0) is 38.6. The molecule has 0 radical (unpaired) electrons. The molecule has 6 aromatic rings. The first-order valence-corrected chi connectivity index (χ1v) is 19.9. The van der Waals surface area contributed by atoms with E-state index in [0.717, 1.165) is 42.1 Å². The summed E-state index contributed by atoms with van der Waals surface area (Å²) in [6.45, 7) is 15.5. The number of hydrogen-bond donors (Lipinski definition) is 1. The second-order valence-corrected chi connectivity index (χ2v) is 17.2. The molecule has 4 nitrogen and oxygen atoms in total. The molecule has 0 amide bonds. The summed E-state index contributed by atoms with van der Waals surface area (Å²) in [5, 5.41) is 18.5. The number of thiophene rings is 2. The van der Waals surface area contributed by atoms with E-state index in [1.807, 2.05) is 18.2 Å². The van der Waals surface area contributed by atoms with Gasteiger partial charge in [-0.25, -0.2) is 4.79 Å². The molecule has 2 aliphatic rings. The van der Waals surface area contributed by atoms with E-state index in [9.17, 15) is 15.2 Å². The average Bonchev–Trinajstić information content (AvgIpc) is 3.95. The smallest absolute Gasteiger partial charge is 0.346 e. The van der Waals surface area contributed by atoms with E-state index in [2.05, 4.69) is 155 Å². The number of hydrogen-bond acceptors (Lipinski definition) is 5. The highest BCUT2D eigenvalue weighted by Gasteiger charge is 2.37. The fraction of sp³-hybridized carbons (Fsp3) is 0.143. The minimum Gasteiger partial charge on any atom is -0.477 e. The van der Waals surface area contributed by atoms with E-state index < -0.39 is 5.97 Å². The number of fused-ring (bicyclic) bond motifs is 4. The lowest BCUT2D eigenvalue weighted by Crippen LogP contribution is -2.18. The number of aliphatic carboxylic acids is 1. The molecule has 1 N–H and O–H groups in total. The van der Waals surface area contributed by atoms with Gasteiger partial charge in [-0.15, -0.1) is 22.7 Å². The van der Waals surface area contributed by atoms with Crippen LogP contribution in [0.4, 0.5) is 17.1 Å². The standard InChI is InChI=1S/C49H40N2O2S2/c1-7-11-40-36(8-2)38-21-18-33(27-42(38)48(40,3)4)51(34-19-22-39-37-12-9-10-13-41(37)49(5,6)43(39)28-34)32-16-14-30(15-17-32)44-24-25-46(55-44)45-23-20-35(54-45)26-31(29-50)47(52)53/h7-28H,2H2,1,3-6H3,(H,52,53)/b11-7-,31-26+. The largest absolute Gasteiger partial charge is 0.477 e. The summed E-state index contributed by atoms with van der Waals surface area (Å²) in [5.41, 5.74) is 14.1. The molecule has 2 aromatic heterocycles. The quantitative estimate of drug-likeness (QED) is 0.118. The molecule has 0 unspecified atom stereocenters. The third-order valence-corrected chi connectivity index (χ3v) is 13.4. The van der Waals surface area contributed by atoms with Crippen molar-refractivity contribution in [3.63, 3.8) is 0 Å². The van der Waals surface area contributed by atoms with E-state index in [1.165, 1.54) is 61.9 Å². The van der Waals surface area contributed by atoms with Crippen LogP contribution >= 0.6 is 22.7 Å². The summed E-state index contributed by atoms with van der Waals surface area (Å²) >= 11 is 3.17. The Morgan fingerprint density at radius 1 is 0.727 bits per heavy atom. The van der Waals surface area contributed by atoms with Gasteiger partial charge in [0.05, 0.1) is 0 Å². The highest BCUT2D eigenvalue weighted by molar-refractivity contribution is 7.24. The normalized spacial score (nSPS) is 15.1. The van der Waals surface area contributed by atoms with Gasteiger partial charge in [0.15, 0.2) is 0 Å². The number of carboxylic acid groups (broad SMARTS) is 1. The van der Waals surface area contributed by atoms with Gasteiger partial charge in [0.1, 0.15) is 11.6 Å². The van der Waals surface area contributed by atoms with Crippen molar-refractivity contribution in [2.45, 2.75) is 45.4 Å². The topological polar surface area (TPSA) is 64.3 Å². The summed E-state index contributed by atoms with van der Waals surface area (Å²) in [5.74, 6) is -1.22. The van der Waals surface area contributed by atoms with Crippen molar-refractivity contribution < 1.29 is 9.90 Å². The van der Waals surface area contributed by atoms with Crippen molar-refractivity contribution in [2.75, 3.05) is 4.90 Å². The van der Waals surface area contributed by atoms with Gasteiger partial charge in [-0.3, -0.25) is 0 Å². The van der Waals surface area contributed by atoms with Gasteiger partial charge in [-0.1, -0.05) is 101 Å². The number of carbonyl (C=O) groups is 1. The molecule has 2 heterocycles. The predicted molar refractivity (Wildman–Crippen MR) is 231 cm³/mol. The Kier molecular flexibility index (Phi) is 8.96. The van der Waals surface area contributed by atoms with Gasteiger partial charge in [0.25, 0.3) is 0 Å². The van der Waals surface area contributed by atoms with Crippen LogP contribution in [-0.4, -0.2) is 11.1 Å². The highest BCUT2D eigenvalue weighted by atomic mass is 32.1. The lowest BCUT2D eigenvalue weighted by Gasteiger charge is -2.30. The van der Waals surface area contributed by atoms with Crippen LogP contribution in [0.1, 0.15) is 61.7 Å². The lowest BCUT2D eigenvalue weighted by atomic mass is 9.80. The Balaban J connectivity index is 1.19. The molecular weight excluding hydrogens is 713 g/mol. The predicted octanol–water partition coefficient (Wildman–Crippen LogP) is 13.7. The maximum absolute atomic E-state index is 11.3. The van der Waals surface area contributed by atoms with Gasteiger partial charge in [0, 0.05) is 47.4 Å². The monoisotopic (exact) mass is 752 g/mol. The zero-order valence-corrected chi connectivity index (χ0v) is 33.1. The summed E-state index contributed by atoms with van der Waals surface area (Å²) < 4.78 is 0. The van der Waals surface area contributed by atoms with Crippen molar-refractivity contribution in [1.82, 2.24) is 0 Å². The van der Waals surface area contributed by atoms with Crippen LogP contribution in [0.2, 0.25) is 0 Å². The average molecular weight is 753 g/mol. The number of rotatable bonds is 9. The molecule has 8 rings (SSSR count). The van der Waals surface area contributed by atoms with Crippen LogP contribution in [-0.2, 0) is 15.6 Å². The van der Waals surface area contributed by atoms with Crippen LogP contribution in [0, 0.1) is 11.3 Å². The molecule has 0 aliphatic heterocycles. The Hall–Kier alpha value is -6.00. The Labute approximate surface area is 331 Å². The molecule has 0 fully saturated rings. The number of allylic oxidation sites excluding steroid dienone is 5. The zero-order valence-electron chi connectivity index (χ0n) is 31.5. The Bertz CT molecular complexity index is 2670. The molecule has 6 heteroatoms.